The second-order valence-electron chi connectivity index (χ2n) is 3.10. The Bertz CT molecular complexity index is 481. The number of benzene rings is 1. The van der Waals surface area contributed by atoms with Crippen LogP contribution in [0.1, 0.15) is 5.89 Å². The number of hydrogen-bond acceptors (Lipinski definition) is 3. The van der Waals surface area contributed by atoms with Crippen molar-refractivity contribution >= 4 is 39.1 Å². The molecule has 84 valence electrons. The fourth-order valence-electron chi connectivity index (χ4n) is 1.23. The molecule has 2 rings (SSSR count). The highest BCUT2D eigenvalue weighted by atomic mass is 79.9. The first-order valence-corrected chi connectivity index (χ1v) is 6.24. The molecule has 0 aliphatic heterocycles. The molecule has 0 saturated carbocycles. The van der Waals surface area contributed by atoms with Crippen LogP contribution in [0, 0.1) is 0 Å². The van der Waals surface area contributed by atoms with E-state index in [1.54, 1.807) is 12.1 Å². The summed E-state index contributed by atoms with van der Waals surface area (Å²) in [5.41, 5.74) is 0.785. The van der Waals surface area contributed by atoms with Crippen LogP contribution in [-0.4, -0.2) is 16.1 Å². The van der Waals surface area contributed by atoms with Crippen molar-refractivity contribution in [1.82, 2.24) is 10.2 Å². The number of halogens is 3. The van der Waals surface area contributed by atoms with Gasteiger partial charge in [-0.2, -0.15) is 0 Å². The van der Waals surface area contributed by atoms with Crippen molar-refractivity contribution in [1.29, 1.82) is 0 Å². The van der Waals surface area contributed by atoms with E-state index in [2.05, 4.69) is 26.1 Å². The van der Waals surface area contributed by atoms with Gasteiger partial charge in [0.2, 0.25) is 11.8 Å². The molecule has 1 aromatic heterocycles. The van der Waals surface area contributed by atoms with Crippen LogP contribution >= 0.6 is 39.1 Å². The molecule has 1 aromatic carbocycles. The van der Waals surface area contributed by atoms with Gasteiger partial charge in [-0.15, -0.1) is 21.8 Å². The molecule has 0 radical (unpaired) electrons. The van der Waals surface area contributed by atoms with E-state index in [1.807, 2.05) is 6.07 Å². The lowest BCUT2D eigenvalue weighted by Gasteiger charge is -1.97. The van der Waals surface area contributed by atoms with Gasteiger partial charge < -0.3 is 4.42 Å². The number of rotatable bonds is 3. The molecule has 0 spiro atoms. The third-order valence-corrected chi connectivity index (χ3v) is 2.75. The molecule has 0 atom stereocenters. The minimum absolute atomic E-state index is 0.448. The summed E-state index contributed by atoms with van der Waals surface area (Å²) in [5.74, 6) is 1.44. The van der Waals surface area contributed by atoms with E-state index in [4.69, 9.17) is 27.6 Å². The van der Waals surface area contributed by atoms with Gasteiger partial charge in [0.25, 0.3) is 0 Å². The van der Waals surface area contributed by atoms with Crippen molar-refractivity contribution in [2.45, 2.75) is 6.42 Å². The monoisotopic (exact) mass is 320 g/mol. The second kappa shape index (κ2) is 5.17. The van der Waals surface area contributed by atoms with Crippen molar-refractivity contribution in [3.05, 3.63) is 33.6 Å². The van der Waals surface area contributed by atoms with Gasteiger partial charge in [0, 0.05) is 27.4 Å². The predicted molar refractivity (Wildman–Crippen MR) is 66.9 cm³/mol. The Morgan fingerprint density at radius 1 is 1.25 bits per heavy atom. The third kappa shape index (κ3) is 2.75. The summed E-state index contributed by atoms with van der Waals surface area (Å²) in [6, 6.07) is 5.43. The standard InChI is InChI=1S/C10H7BrCl2N2O/c11-7-3-6(4-8(13)5-7)10-15-14-9(16-10)1-2-12/h3-5H,1-2H2. The van der Waals surface area contributed by atoms with Crippen LogP contribution in [0.5, 0.6) is 0 Å². The molecule has 3 nitrogen and oxygen atoms in total. The van der Waals surface area contributed by atoms with Gasteiger partial charge in [-0.25, -0.2) is 0 Å². The molecule has 2 aromatic rings. The summed E-state index contributed by atoms with van der Waals surface area (Å²) in [7, 11) is 0. The third-order valence-electron chi connectivity index (χ3n) is 1.88. The van der Waals surface area contributed by atoms with Crippen molar-refractivity contribution in [3.63, 3.8) is 0 Å². The van der Waals surface area contributed by atoms with E-state index in [-0.39, 0.29) is 0 Å². The quantitative estimate of drug-likeness (QED) is 0.804. The Hall–Kier alpha value is -0.580. The van der Waals surface area contributed by atoms with Crippen molar-refractivity contribution in [2.24, 2.45) is 0 Å². The maximum atomic E-state index is 5.93. The van der Waals surface area contributed by atoms with Gasteiger partial charge in [-0.05, 0) is 18.2 Å². The van der Waals surface area contributed by atoms with Crippen LogP contribution in [0.15, 0.2) is 27.1 Å². The minimum Gasteiger partial charge on any atom is -0.421 e. The van der Waals surface area contributed by atoms with Crippen molar-refractivity contribution < 1.29 is 4.42 Å². The number of aryl methyl sites for hydroxylation is 1. The summed E-state index contributed by atoms with van der Waals surface area (Å²) >= 11 is 14.9. The molecular formula is C10H7BrCl2N2O. The summed E-state index contributed by atoms with van der Waals surface area (Å²) in [4.78, 5) is 0. The largest absolute Gasteiger partial charge is 0.421 e. The summed E-state index contributed by atoms with van der Waals surface area (Å²) in [5, 5.41) is 8.43. The van der Waals surface area contributed by atoms with Crippen LogP contribution in [0.2, 0.25) is 5.02 Å². The average molecular weight is 322 g/mol. The highest BCUT2D eigenvalue weighted by molar-refractivity contribution is 9.10. The fraction of sp³-hybridized carbons (Fsp3) is 0.200. The molecule has 0 unspecified atom stereocenters. The van der Waals surface area contributed by atoms with Crippen molar-refractivity contribution in [3.8, 4) is 11.5 Å². The second-order valence-corrected chi connectivity index (χ2v) is 4.83. The lowest BCUT2D eigenvalue weighted by Crippen LogP contribution is -1.84. The van der Waals surface area contributed by atoms with E-state index in [0.717, 1.165) is 10.0 Å². The maximum Gasteiger partial charge on any atom is 0.247 e. The first kappa shape index (κ1) is 11.9. The molecule has 0 amide bonds. The van der Waals surface area contributed by atoms with E-state index in [1.165, 1.54) is 0 Å². The normalized spacial score (nSPS) is 10.7. The predicted octanol–water partition coefficient (Wildman–Crippen LogP) is 3.93. The van der Waals surface area contributed by atoms with Crippen molar-refractivity contribution in [2.75, 3.05) is 5.88 Å². The Morgan fingerprint density at radius 3 is 2.75 bits per heavy atom. The van der Waals surface area contributed by atoms with Crippen LogP contribution in [-0.2, 0) is 6.42 Å². The molecule has 16 heavy (non-hydrogen) atoms. The van der Waals surface area contributed by atoms with Gasteiger partial charge in [0.05, 0.1) is 0 Å². The van der Waals surface area contributed by atoms with E-state index >= 15 is 0 Å². The first-order chi connectivity index (χ1) is 7.69. The molecule has 0 aliphatic carbocycles. The molecular weight excluding hydrogens is 315 g/mol. The number of nitrogens with zero attached hydrogens (tertiary/aromatic N) is 2. The smallest absolute Gasteiger partial charge is 0.247 e. The summed E-state index contributed by atoms with van der Waals surface area (Å²) in [6.07, 6.45) is 0.566. The van der Waals surface area contributed by atoms with Gasteiger partial charge in [-0.3, -0.25) is 0 Å². The SMILES string of the molecule is ClCCc1nnc(-c2cc(Cl)cc(Br)c2)o1. The lowest BCUT2D eigenvalue weighted by atomic mass is 10.2. The maximum absolute atomic E-state index is 5.93. The van der Waals surface area contributed by atoms with E-state index in [9.17, 15) is 0 Å². The minimum atomic E-state index is 0.448. The molecule has 0 aliphatic rings. The topological polar surface area (TPSA) is 38.9 Å². The highest BCUT2D eigenvalue weighted by Crippen LogP contribution is 2.26. The Kier molecular flexibility index (Phi) is 3.84. The summed E-state index contributed by atoms with van der Waals surface area (Å²) < 4.78 is 6.30. The molecule has 0 fully saturated rings. The Labute approximate surface area is 111 Å². The Morgan fingerprint density at radius 2 is 2.06 bits per heavy atom. The number of hydrogen-bond donors (Lipinski definition) is 0. The summed E-state index contributed by atoms with van der Waals surface area (Å²) in [6.45, 7) is 0. The molecule has 0 N–H and O–H groups in total. The molecule has 0 saturated heterocycles. The van der Waals surface area contributed by atoms with Gasteiger partial charge in [0.1, 0.15) is 0 Å². The van der Waals surface area contributed by atoms with Crippen LogP contribution < -0.4 is 0 Å². The zero-order valence-electron chi connectivity index (χ0n) is 8.08. The molecule has 0 bridgehead atoms. The van der Waals surface area contributed by atoms with E-state index in [0.29, 0.717) is 29.1 Å². The van der Waals surface area contributed by atoms with Gasteiger partial charge in [-0.1, -0.05) is 27.5 Å². The Balaban J connectivity index is 2.34. The van der Waals surface area contributed by atoms with Gasteiger partial charge in [0.15, 0.2) is 0 Å². The number of aromatic nitrogens is 2. The van der Waals surface area contributed by atoms with Gasteiger partial charge >= 0.3 is 0 Å². The molecule has 1 heterocycles. The van der Waals surface area contributed by atoms with Crippen LogP contribution in [0.3, 0.4) is 0 Å². The zero-order valence-corrected chi connectivity index (χ0v) is 11.2. The first-order valence-electron chi connectivity index (χ1n) is 4.54. The number of alkyl halides is 1. The fourth-order valence-corrected chi connectivity index (χ4v) is 2.25. The van der Waals surface area contributed by atoms with Crippen LogP contribution in [0.25, 0.3) is 11.5 Å². The van der Waals surface area contributed by atoms with Crippen LogP contribution in [0.4, 0.5) is 0 Å². The average Bonchev–Trinajstić information content (AvgIpc) is 2.65. The molecule has 6 heteroatoms. The zero-order chi connectivity index (χ0) is 11.5. The lowest BCUT2D eigenvalue weighted by molar-refractivity contribution is 0.513. The highest BCUT2D eigenvalue weighted by Gasteiger charge is 2.09. The van der Waals surface area contributed by atoms with E-state index < -0.39 is 0 Å².